The molecule has 2 amide bonds. The molecule has 2 aliphatic rings. The molecule has 3 rings (SSSR count). The second-order valence-corrected chi connectivity index (χ2v) is 6.74. The van der Waals surface area contributed by atoms with E-state index in [0.717, 1.165) is 25.1 Å². The monoisotopic (exact) mass is 316 g/mol. The molecule has 124 valence electrons. The fourth-order valence-corrected chi connectivity index (χ4v) is 3.33. The third-order valence-electron chi connectivity index (χ3n) is 4.63. The number of rotatable bonds is 2. The molecule has 1 fully saturated rings. The van der Waals surface area contributed by atoms with Gasteiger partial charge >= 0.3 is 0 Å². The molecule has 5 nitrogen and oxygen atoms in total. The standard InChI is InChI=1S/C18H24N2O3/c1-12-6-7-16-15(9-12)20(18(22)14(3)23-16)11-17(21)19-8-4-5-13(2)10-19/h6-7,9,13-14H,4-5,8,10-11H2,1-3H3. The molecule has 2 unspecified atom stereocenters. The van der Waals surface area contributed by atoms with Crippen molar-refractivity contribution in [3.05, 3.63) is 23.8 Å². The van der Waals surface area contributed by atoms with Crippen molar-refractivity contribution in [2.24, 2.45) is 5.92 Å². The van der Waals surface area contributed by atoms with Crippen LogP contribution in [0.2, 0.25) is 0 Å². The van der Waals surface area contributed by atoms with Crippen LogP contribution in [0.4, 0.5) is 5.69 Å². The second-order valence-electron chi connectivity index (χ2n) is 6.74. The molecule has 2 heterocycles. The van der Waals surface area contributed by atoms with Crippen molar-refractivity contribution in [2.75, 3.05) is 24.5 Å². The first-order valence-electron chi connectivity index (χ1n) is 8.32. The van der Waals surface area contributed by atoms with Gasteiger partial charge in [-0.25, -0.2) is 0 Å². The minimum atomic E-state index is -0.557. The summed E-state index contributed by atoms with van der Waals surface area (Å²) in [5.74, 6) is 1.07. The molecule has 5 heteroatoms. The molecule has 0 saturated carbocycles. The van der Waals surface area contributed by atoms with E-state index in [9.17, 15) is 9.59 Å². The summed E-state index contributed by atoms with van der Waals surface area (Å²) in [6.45, 7) is 7.53. The number of ether oxygens (including phenoxy) is 1. The number of piperidine rings is 1. The average molecular weight is 316 g/mol. The number of carbonyl (C=O) groups is 2. The number of likely N-dealkylation sites (tertiary alicyclic amines) is 1. The molecule has 1 aromatic carbocycles. The molecule has 0 N–H and O–H groups in total. The molecular formula is C18H24N2O3. The number of aryl methyl sites for hydroxylation is 1. The van der Waals surface area contributed by atoms with Gasteiger partial charge in [-0.05, 0) is 50.3 Å². The summed E-state index contributed by atoms with van der Waals surface area (Å²) in [6.07, 6.45) is 1.65. The Morgan fingerprint density at radius 2 is 2.13 bits per heavy atom. The van der Waals surface area contributed by atoms with Gasteiger partial charge in [-0.2, -0.15) is 0 Å². The van der Waals surface area contributed by atoms with E-state index in [2.05, 4.69) is 6.92 Å². The van der Waals surface area contributed by atoms with Crippen molar-refractivity contribution in [3.8, 4) is 5.75 Å². The zero-order chi connectivity index (χ0) is 16.6. The molecule has 0 aliphatic carbocycles. The highest BCUT2D eigenvalue weighted by Gasteiger charge is 2.34. The lowest BCUT2D eigenvalue weighted by Gasteiger charge is -2.36. The van der Waals surface area contributed by atoms with Crippen LogP contribution in [0, 0.1) is 12.8 Å². The third kappa shape index (κ3) is 3.19. The number of hydrogen-bond donors (Lipinski definition) is 0. The minimum absolute atomic E-state index is 0.0199. The van der Waals surface area contributed by atoms with Crippen LogP contribution in [-0.2, 0) is 9.59 Å². The van der Waals surface area contributed by atoms with Gasteiger partial charge in [-0.3, -0.25) is 14.5 Å². The average Bonchev–Trinajstić information content (AvgIpc) is 2.52. The molecule has 0 aromatic heterocycles. The van der Waals surface area contributed by atoms with Crippen molar-refractivity contribution in [3.63, 3.8) is 0 Å². The Balaban J connectivity index is 1.82. The van der Waals surface area contributed by atoms with Crippen LogP contribution in [0.5, 0.6) is 5.75 Å². The molecule has 2 atom stereocenters. The van der Waals surface area contributed by atoms with Crippen molar-refractivity contribution in [2.45, 2.75) is 39.7 Å². The van der Waals surface area contributed by atoms with E-state index in [-0.39, 0.29) is 18.4 Å². The minimum Gasteiger partial charge on any atom is -0.479 e. The van der Waals surface area contributed by atoms with Gasteiger partial charge in [-0.1, -0.05) is 13.0 Å². The van der Waals surface area contributed by atoms with Crippen LogP contribution in [0.15, 0.2) is 18.2 Å². The predicted octanol–water partition coefficient (Wildman–Crippen LogP) is 2.37. The highest BCUT2D eigenvalue weighted by Crippen LogP contribution is 2.34. The van der Waals surface area contributed by atoms with E-state index in [1.54, 1.807) is 11.8 Å². The zero-order valence-electron chi connectivity index (χ0n) is 14.0. The maximum atomic E-state index is 12.7. The lowest BCUT2D eigenvalue weighted by molar-refractivity contribution is -0.134. The first-order valence-corrected chi connectivity index (χ1v) is 8.32. The summed E-state index contributed by atoms with van der Waals surface area (Å²) in [4.78, 5) is 28.6. The van der Waals surface area contributed by atoms with E-state index in [0.29, 0.717) is 17.4 Å². The number of carbonyl (C=O) groups excluding carboxylic acids is 2. The molecule has 1 aromatic rings. The topological polar surface area (TPSA) is 49.9 Å². The second kappa shape index (κ2) is 6.22. The van der Waals surface area contributed by atoms with Crippen LogP contribution < -0.4 is 9.64 Å². The number of benzene rings is 1. The molecule has 2 aliphatic heterocycles. The number of nitrogens with zero attached hydrogens (tertiary/aromatic N) is 2. The zero-order valence-corrected chi connectivity index (χ0v) is 14.0. The fourth-order valence-electron chi connectivity index (χ4n) is 3.33. The number of hydrogen-bond acceptors (Lipinski definition) is 3. The highest BCUT2D eigenvalue weighted by molar-refractivity contribution is 6.03. The number of anilines is 1. The van der Waals surface area contributed by atoms with Gasteiger partial charge in [0.2, 0.25) is 5.91 Å². The van der Waals surface area contributed by atoms with Crippen molar-refractivity contribution in [1.29, 1.82) is 0 Å². The first kappa shape index (κ1) is 15.8. The maximum Gasteiger partial charge on any atom is 0.268 e. The quantitative estimate of drug-likeness (QED) is 0.841. The van der Waals surface area contributed by atoms with Crippen molar-refractivity contribution in [1.82, 2.24) is 4.90 Å². The van der Waals surface area contributed by atoms with Gasteiger partial charge in [0.1, 0.15) is 12.3 Å². The van der Waals surface area contributed by atoms with Crippen LogP contribution >= 0.6 is 0 Å². The lowest BCUT2D eigenvalue weighted by Crippen LogP contribution is -2.51. The maximum absolute atomic E-state index is 12.7. The number of fused-ring (bicyclic) bond motifs is 1. The summed E-state index contributed by atoms with van der Waals surface area (Å²) >= 11 is 0. The van der Waals surface area contributed by atoms with Gasteiger partial charge < -0.3 is 9.64 Å². The Labute approximate surface area is 137 Å². The summed E-state index contributed by atoms with van der Waals surface area (Å²) in [5, 5.41) is 0. The van der Waals surface area contributed by atoms with E-state index in [4.69, 9.17) is 4.74 Å². The van der Waals surface area contributed by atoms with E-state index in [1.165, 1.54) is 6.42 Å². The Morgan fingerprint density at radius 1 is 1.35 bits per heavy atom. The fraction of sp³-hybridized carbons (Fsp3) is 0.556. The van der Waals surface area contributed by atoms with Crippen LogP contribution in [0.25, 0.3) is 0 Å². The molecule has 0 radical (unpaired) electrons. The van der Waals surface area contributed by atoms with Gasteiger partial charge in [0.15, 0.2) is 6.10 Å². The smallest absolute Gasteiger partial charge is 0.268 e. The van der Waals surface area contributed by atoms with E-state index < -0.39 is 6.10 Å². The normalized spacial score (nSPS) is 24.2. The molecule has 23 heavy (non-hydrogen) atoms. The van der Waals surface area contributed by atoms with Crippen molar-refractivity contribution >= 4 is 17.5 Å². The van der Waals surface area contributed by atoms with E-state index >= 15 is 0 Å². The van der Waals surface area contributed by atoms with Gasteiger partial charge in [-0.15, -0.1) is 0 Å². The number of amides is 2. The molecule has 1 saturated heterocycles. The molecule has 0 bridgehead atoms. The van der Waals surface area contributed by atoms with Gasteiger partial charge in [0.25, 0.3) is 5.91 Å². The third-order valence-corrected chi connectivity index (χ3v) is 4.63. The Morgan fingerprint density at radius 3 is 2.87 bits per heavy atom. The Bertz CT molecular complexity index is 629. The molecular weight excluding hydrogens is 292 g/mol. The lowest BCUT2D eigenvalue weighted by atomic mass is 10.0. The SMILES string of the molecule is Cc1ccc2c(c1)N(CC(=O)N1CCCC(C)C1)C(=O)C(C)O2. The van der Waals surface area contributed by atoms with E-state index in [1.807, 2.05) is 30.0 Å². The first-order chi connectivity index (χ1) is 11.0. The van der Waals surface area contributed by atoms with Crippen molar-refractivity contribution < 1.29 is 14.3 Å². The summed E-state index contributed by atoms with van der Waals surface area (Å²) in [6, 6.07) is 5.73. The largest absolute Gasteiger partial charge is 0.479 e. The summed E-state index contributed by atoms with van der Waals surface area (Å²) in [5.41, 5.74) is 1.74. The Kier molecular flexibility index (Phi) is 4.28. The van der Waals surface area contributed by atoms with Gasteiger partial charge in [0.05, 0.1) is 5.69 Å². The summed E-state index contributed by atoms with van der Waals surface area (Å²) < 4.78 is 5.66. The van der Waals surface area contributed by atoms with Crippen LogP contribution in [0.3, 0.4) is 0 Å². The summed E-state index contributed by atoms with van der Waals surface area (Å²) in [7, 11) is 0. The van der Waals surface area contributed by atoms with Gasteiger partial charge in [0, 0.05) is 13.1 Å². The predicted molar refractivity (Wildman–Crippen MR) is 88.6 cm³/mol. The Hall–Kier alpha value is -2.04. The highest BCUT2D eigenvalue weighted by atomic mass is 16.5. The molecule has 0 spiro atoms. The van der Waals surface area contributed by atoms with Crippen LogP contribution in [-0.4, -0.2) is 42.5 Å². The van der Waals surface area contributed by atoms with Crippen LogP contribution in [0.1, 0.15) is 32.3 Å².